The van der Waals surface area contributed by atoms with E-state index in [4.69, 9.17) is 18.9 Å². The van der Waals surface area contributed by atoms with Crippen LogP contribution in [-0.4, -0.2) is 106 Å². The Balaban J connectivity index is 0.728. The number of hydrogen-bond acceptors (Lipinski definition) is 15. The van der Waals surface area contributed by atoms with Gasteiger partial charge in [0.25, 0.3) is 0 Å². The molecule has 8 aliphatic rings. The van der Waals surface area contributed by atoms with Crippen molar-refractivity contribution in [1.82, 2.24) is 0 Å². The summed E-state index contributed by atoms with van der Waals surface area (Å²) in [5, 5.41) is 35.0. The molecule has 0 amide bonds. The number of esters is 4. The van der Waals surface area contributed by atoms with Crippen LogP contribution in [0.15, 0.2) is 47.6 Å². The van der Waals surface area contributed by atoms with Crippen LogP contribution in [-0.2, 0) is 57.3 Å². The van der Waals surface area contributed by atoms with Crippen LogP contribution < -0.4 is 0 Å². The molecule has 0 bridgehead atoms. The van der Waals surface area contributed by atoms with E-state index >= 15 is 4.39 Å². The van der Waals surface area contributed by atoms with Gasteiger partial charge in [-0.05, 0) is 118 Å². The minimum atomic E-state index is -2.03. The minimum Gasteiger partial charge on any atom is -0.458 e. The fourth-order valence-electron chi connectivity index (χ4n) is 15.4. The molecule has 8 rings (SSSR count). The Bertz CT molecular complexity index is 2300. The van der Waals surface area contributed by atoms with Crippen LogP contribution in [0, 0.1) is 63.1 Å². The highest BCUT2D eigenvalue weighted by molar-refractivity contribution is 6.02. The lowest BCUT2D eigenvalue weighted by Gasteiger charge is -2.61. The molecule has 15 unspecified atom stereocenters. The van der Waals surface area contributed by atoms with Gasteiger partial charge in [0.1, 0.15) is 12.2 Å². The van der Waals surface area contributed by atoms with Crippen LogP contribution in [0.5, 0.6) is 0 Å². The number of rotatable bonds is 14. The van der Waals surface area contributed by atoms with Gasteiger partial charge in [-0.2, -0.15) is 0 Å². The second-order valence-electron chi connectivity index (χ2n) is 22.0. The monoisotopic (exact) mass is 948 g/mol. The van der Waals surface area contributed by atoms with Crippen LogP contribution in [0.1, 0.15) is 118 Å². The summed E-state index contributed by atoms with van der Waals surface area (Å²) in [6, 6.07) is 0. The first kappa shape index (κ1) is 49.7. The second-order valence-corrected chi connectivity index (χ2v) is 22.0. The number of hydrogen-bond donors (Lipinski definition) is 3. The third-order valence-corrected chi connectivity index (χ3v) is 18.7. The number of ether oxygens (including phenoxy) is 4. The molecule has 6 saturated carbocycles. The highest BCUT2D eigenvalue weighted by Crippen LogP contribution is 2.70. The number of aliphatic hydroxyl groups excluding tert-OH is 2. The maximum absolute atomic E-state index is 17.4. The van der Waals surface area contributed by atoms with Gasteiger partial charge < -0.3 is 34.3 Å². The minimum absolute atomic E-state index is 0.00201. The maximum Gasteiger partial charge on any atom is 0.309 e. The SMILES string of the molecule is CC1CC2C3CCC4=CC(=O)C=CC4(C)C3(F)C(O)CC2(C)C1C(=O)COC(=O)CCC(=O)OCOC(=O)CCC(=O)OCC(=O)C1(O)CCC2C3CCC4=CC(=O)C=CC4(C)C3C(O)CC21C. The van der Waals surface area contributed by atoms with E-state index in [1.807, 2.05) is 33.8 Å². The Morgan fingerprint density at radius 3 is 1.94 bits per heavy atom. The first-order valence-electron chi connectivity index (χ1n) is 24.3. The molecule has 0 saturated heterocycles. The van der Waals surface area contributed by atoms with Crippen molar-refractivity contribution in [2.75, 3.05) is 20.0 Å². The average Bonchev–Trinajstić information content (AvgIpc) is 3.71. The molecule has 0 aliphatic heterocycles. The molecule has 370 valence electrons. The molecule has 8 aliphatic carbocycles. The van der Waals surface area contributed by atoms with Crippen LogP contribution in [0.3, 0.4) is 0 Å². The zero-order valence-electron chi connectivity index (χ0n) is 39.6. The second kappa shape index (κ2) is 17.9. The standard InChI is InChI=1S/C52H65FO15/c1-28-20-36-35-9-7-30-22-32(55)15-18-49(30,4)52(35,53)39(58)24-48(36,3)45(28)38(57)25-65-41(60)10-12-43(62)67-27-68-44(63)13-11-42(61)66-26-40(59)51(64)19-16-34-33-8-6-29-21-31(54)14-17-47(29,2)46(33)37(56)23-50(34,51)5/h14-15,17-18,21-22,28,33-37,39,45-46,56,58,64H,6-13,16,19-20,23-27H2,1-5H3. The summed E-state index contributed by atoms with van der Waals surface area (Å²) >= 11 is 0. The fraction of sp³-hybridized carbons (Fsp3) is 0.692. The molecule has 0 heterocycles. The third kappa shape index (κ3) is 7.97. The number of allylic oxidation sites excluding steroid dienone is 8. The van der Waals surface area contributed by atoms with E-state index in [1.54, 1.807) is 25.2 Å². The summed E-state index contributed by atoms with van der Waals surface area (Å²) in [5.41, 5.74) is -5.61. The number of alkyl halides is 1. The third-order valence-electron chi connectivity index (χ3n) is 18.7. The quantitative estimate of drug-likeness (QED) is 0.117. The maximum atomic E-state index is 17.4. The zero-order chi connectivity index (χ0) is 49.4. The van der Waals surface area contributed by atoms with Crippen LogP contribution in [0.25, 0.3) is 0 Å². The van der Waals surface area contributed by atoms with Crippen molar-refractivity contribution in [3.8, 4) is 0 Å². The molecule has 68 heavy (non-hydrogen) atoms. The van der Waals surface area contributed by atoms with Gasteiger partial charge in [0.2, 0.25) is 12.6 Å². The summed E-state index contributed by atoms with van der Waals surface area (Å²) in [4.78, 5) is 101. The predicted octanol–water partition coefficient (Wildman–Crippen LogP) is 5.06. The van der Waals surface area contributed by atoms with E-state index in [1.165, 1.54) is 12.2 Å². The van der Waals surface area contributed by atoms with E-state index in [0.29, 0.717) is 44.1 Å². The Kier molecular flexibility index (Phi) is 13.1. The number of halogens is 1. The Hall–Kier alpha value is -4.67. The summed E-state index contributed by atoms with van der Waals surface area (Å²) in [6.07, 6.45) is 9.18. The average molecular weight is 949 g/mol. The van der Waals surface area contributed by atoms with Gasteiger partial charge in [-0.25, -0.2) is 4.39 Å². The van der Waals surface area contributed by atoms with E-state index in [-0.39, 0.29) is 66.2 Å². The van der Waals surface area contributed by atoms with Crippen LogP contribution in [0.4, 0.5) is 4.39 Å². The van der Waals surface area contributed by atoms with Crippen molar-refractivity contribution < 1.29 is 77.0 Å². The van der Waals surface area contributed by atoms with Gasteiger partial charge >= 0.3 is 23.9 Å². The van der Waals surface area contributed by atoms with Gasteiger partial charge in [0, 0.05) is 34.0 Å². The lowest BCUT2D eigenvalue weighted by Crippen LogP contribution is -2.66. The molecule has 0 radical (unpaired) electrons. The van der Waals surface area contributed by atoms with Crippen molar-refractivity contribution in [1.29, 1.82) is 0 Å². The number of fused-ring (bicyclic) bond motifs is 10. The van der Waals surface area contributed by atoms with Gasteiger partial charge in [0.15, 0.2) is 29.6 Å². The number of aliphatic hydroxyl groups is 3. The zero-order valence-corrected chi connectivity index (χ0v) is 39.6. The highest BCUT2D eigenvalue weighted by atomic mass is 19.1. The molecule has 3 N–H and O–H groups in total. The Morgan fingerprint density at radius 2 is 1.29 bits per heavy atom. The first-order valence-corrected chi connectivity index (χ1v) is 24.3. The van der Waals surface area contributed by atoms with E-state index < -0.39 is 132 Å². The lowest BCUT2D eigenvalue weighted by atomic mass is 9.45. The largest absolute Gasteiger partial charge is 0.458 e. The lowest BCUT2D eigenvalue weighted by molar-refractivity contribution is -0.196. The van der Waals surface area contributed by atoms with Gasteiger partial charge in [-0.3, -0.25) is 38.4 Å². The van der Waals surface area contributed by atoms with E-state index in [9.17, 15) is 53.7 Å². The smallest absolute Gasteiger partial charge is 0.309 e. The molecule has 0 aromatic carbocycles. The Labute approximate surface area is 395 Å². The molecule has 0 spiro atoms. The predicted molar refractivity (Wildman–Crippen MR) is 237 cm³/mol. The highest BCUT2D eigenvalue weighted by Gasteiger charge is 2.72. The van der Waals surface area contributed by atoms with Crippen LogP contribution in [0.2, 0.25) is 0 Å². The van der Waals surface area contributed by atoms with Crippen molar-refractivity contribution in [2.24, 2.45) is 63.1 Å². The number of carbonyl (C=O) groups excluding carboxylic acids is 8. The van der Waals surface area contributed by atoms with E-state index in [2.05, 4.69) is 0 Å². The number of ketones is 4. The molecule has 6 fully saturated rings. The van der Waals surface area contributed by atoms with E-state index in [0.717, 1.165) is 5.57 Å². The molecular formula is C52H65FO15. The van der Waals surface area contributed by atoms with Crippen molar-refractivity contribution in [3.63, 3.8) is 0 Å². The first-order chi connectivity index (χ1) is 31.9. The molecule has 15 nitrogen and oxygen atoms in total. The molecule has 15 atom stereocenters. The van der Waals surface area contributed by atoms with Crippen LogP contribution >= 0.6 is 0 Å². The fourth-order valence-corrected chi connectivity index (χ4v) is 15.4. The van der Waals surface area contributed by atoms with Crippen molar-refractivity contribution >= 4 is 47.0 Å². The molecule has 0 aromatic rings. The van der Waals surface area contributed by atoms with Crippen molar-refractivity contribution in [3.05, 3.63) is 47.6 Å². The topological polar surface area (TPSA) is 234 Å². The molecule has 16 heteroatoms. The van der Waals surface area contributed by atoms with Gasteiger partial charge in [-0.1, -0.05) is 51.0 Å². The van der Waals surface area contributed by atoms with Crippen molar-refractivity contribution in [2.45, 2.75) is 142 Å². The molecular weight excluding hydrogens is 884 g/mol. The number of carbonyl (C=O) groups is 8. The summed E-state index contributed by atoms with van der Waals surface area (Å²) < 4.78 is 37.6. The summed E-state index contributed by atoms with van der Waals surface area (Å²) in [5.74, 6) is -6.71. The van der Waals surface area contributed by atoms with Gasteiger partial charge in [0.05, 0.1) is 37.9 Å². The number of Topliss-reactive ketones (excluding diaryl/α,β-unsaturated/α-hetero) is 2. The normalized spacial score (nSPS) is 41.9. The Morgan fingerprint density at radius 1 is 0.721 bits per heavy atom. The summed E-state index contributed by atoms with van der Waals surface area (Å²) in [6.45, 7) is 7.30. The van der Waals surface area contributed by atoms with Gasteiger partial charge in [-0.15, -0.1) is 0 Å². The summed E-state index contributed by atoms with van der Waals surface area (Å²) in [7, 11) is 0. The molecule has 0 aromatic heterocycles.